The van der Waals surface area contributed by atoms with E-state index in [1.54, 1.807) is 5.01 Å². The van der Waals surface area contributed by atoms with E-state index >= 15 is 0 Å². The van der Waals surface area contributed by atoms with E-state index in [1.165, 1.54) is 6.20 Å². The van der Waals surface area contributed by atoms with Crippen molar-refractivity contribution in [3.05, 3.63) is 18.2 Å². The number of carbonyl (C=O) groups excluding carboxylic acids is 1. The number of hydrogen-bond donors (Lipinski definition) is 4. The minimum Gasteiger partial charge on any atom is -0.367 e. The first-order valence-corrected chi connectivity index (χ1v) is 9.40. The van der Waals surface area contributed by atoms with E-state index in [0.29, 0.717) is 11.4 Å². The lowest BCUT2D eigenvalue weighted by atomic mass is 10.0. The average molecular weight is 381 g/mol. The van der Waals surface area contributed by atoms with Gasteiger partial charge in [0.2, 0.25) is 5.91 Å². The van der Waals surface area contributed by atoms with Gasteiger partial charge in [0.15, 0.2) is 5.82 Å². The lowest BCUT2D eigenvalue weighted by Crippen LogP contribution is -2.58. The molecule has 1 aromatic rings. The maximum Gasteiger partial charge on any atom is 0.233 e. The molecule has 3 aliphatic rings. The Kier molecular flexibility index (Phi) is 5.22. The van der Waals surface area contributed by atoms with Crippen molar-refractivity contribution in [2.75, 3.05) is 36.4 Å². The number of hydrogen-bond acceptors (Lipinski definition) is 7. The van der Waals surface area contributed by atoms with Gasteiger partial charge >= 0.3 is 0 Å². The lowest BCUT2D eigenvalue weighted by Gasteiger charge is -2.34. The van der Waals surface area contributed by atoms with Crippen LogP contribution in [0.1, 0.15) is 19.3 Å². The molecule has 3 aliphatic heterocycles. The van der Waals surface area contributed by atoms with Crippen molar-refractivity contribution in [3.8, 4) is 0 Å². The summed E-state index contributed by atoms with van der Waals surface area (Å²) in [7, 11) is 0. The molecule has 27 heavy (non-hydrogen) atoms. The number of rotatable bonds is 3. The normalized spacial score (nSPS) is 31.6. The molecule has 4 rings (SSSR count). The lowest BCUT2D eigenvalue weighted by molar-refractivity contribution is -0.121. The monoisotopic (exact) mass is 381 g/mol. The fourth-order valence-electron chi connectivity index (χ4n) is 4.15. The van der Waals surface area contributed by atoms with E-state index < -0.39 is 30.2 Å². The van der Waals surface area contributed by atoms with E-state index in [-0.39, 0.29) is 19.0 Å². The van der Waals surface area contributed by atoms with Crippen LogP contribution in [-0.4, -0.2) is 60.6 Å². The maximum atomic E-state index is 14.5. The zero-order chi connectivity index (χ0) is 19.0. The summed E-state index contributed by atoms with van der Waals surface area (Å²) in [6, 6.07) is 0. The predicted molar refractivity (Wildman–Crippen MR) is 96.9 cm³/mol. The number of alkyl halides is 1. The van der Waals surface area contributed by atoms with E-state index in [0.717, 1.165) is 38.5 Å². The van der Waals surface area contributed by atoms with Gasteiger partial charge in [-0.15, -0.1) is 0 Å². The van der Waals surface area contributed by atoms with Crippen molar-refractivity contribution in [1.29, 1.82) is 0 Å². The highest BCUT2D eigenvalue weighted by Crippen LogP contribution is 2.32. The van der Waals surface area contributed by atoms with Crippen LogP contribution in [-0.2, 0) is 4.79 Å². The number of nitrogens with two attached hydrogens (primary N) is 1. The summed E-state index contributed by atoms with van der Waals surface area (Å²) in [5.41, 5.74) is 9.72. The molecule has 5 N–H and O–H groups in total. The number of aromatic nitrogens is 1. The highest BCUT2D eigenvalue weighted by Gasteiger charge is 2.47. The molecule has 0 aliphatic carbocycles. The highest BCUT2D eigenvalue weighted by molar-refractivity contribution is 5.96. The standard InChI is InChI=1S/C17H25F2N7O/c18-10-6-22-16-13(15(20)24-26(16)9-10)17(27)23-12-8-21-7-11(19)14(12)25-4-2-1-3-5-25/h7-8,10,13,15-16,22,24H,1-6,9,20H2,(H,23,27). The fourth-order valence-corrected chi connectivity index (χ4v) is 4.15. The highest BCUT2D eigenvalue weighted by atomic mass is 19.1. The number of anilines is 2. The van der Waals surface area contributed by atoms with Gasteiger partial charge in [-0.3, -0.25) is 15.1 Å². The molecule has 3 fully saturated rings. The second-order valence-corrected chi connectivity index (χ2v) is 7.34. The molecule has 4 atom stereocenters. The van der Waals surface area contributed by atoms with Gasteiger partial charge in [-0.1, -0.05) is 0 Å². The zero-order valence-corrected chi connectivity index (χ0v) is 15.0. The maximum absolute atomic E-state index is 14.5. The fraction of sp³-hybridized carbons (Fsp3) is 0.647. The number of piperidine rings is 1. The summed E-state index contributed by atoms with van der Waals surface area (Å²) < 4.78 is 28.1. The van der Waals surface area contributed by atoms with Gasteiger partial charge in [0.25, 0.3) is 0 Å². The second kappa shape index (κ2) is 7.63. The number of hydrazine groups is 1. The van der Waals surface area contributed by atoms with Crippen LogP contribution in [0.5, 0.6) is 0 Å². The van der Waals surface area contributed by atoms with Gasteiger partial charge < -0.3 is 16.0 Å². The zero-order valence-electron chi connectivity index (χ0n) is 15.0. The molecule has 0 bridgehead atoms. The summed E-state index contributed by atoms with van der Waals surface area (Å²) in [6.45, 7) is 1.81. The topological polar surface area (TPSA) is 98.5 Å². The molecule has 4 unspecified atom stereocenters. The summed E-state index contributed by atoms with van der Waals surface area (Å²) in [5.74, 6) is -1.45. The van der Waals surface area contributed by atoms with Crippen molar-refractivity contribution in [2.24, 2.45) is 11.7 Å². The Balaban J connectivity index is 1.54. The first kappa shape index (κ1) is 18.5. The van der Waals surface area contributed by atoms with Crippen molar-refractivity contribution >= 4 is 17.3 Å². The van der Waals surface area contributed by atoms with Gasteiger partial charge in [0.1, 0.15) is 11.9 Å². The molecule has 148 valence electrons. The molecular formula is C17H25F2N7O. The molecule has 10 heteroatoms. The summed E-state index contributed by atoms with van der Waals surface area (Å²) in [5, 5.41) is 7.44. The van der Waals surface area contributed by atoms with Crippen LogP contribution in [0.3, 0.4) is 0 Å². The van der Waals surface area contributed by atoms with Crippen LogP contribution in [0.2, 0.25) is 0 Å². The molecule has 0 saturated carbocycles. The summed E-state index contributed by atoms with van der Waals surface area (Å²) >= 11 is 0. The smallest absolute Gasteiger partial charge is 0.233 e. The Bertz CT molecular complexity index is 700. The third-order valence-corrected chi connectivity index (χ3v) is 5.43. The average Bonchev–Trinajstić information content (AvgIpc) is 2.97. The Morgan fingerprint density at radius 2 is 2.07 bits per heavy atom. The molecule has 3 saturated heterocycles. The Morgan fingerprint density at radius 3 is 2.85 bits per heavy atom. The van der Waals surface area contributed by atoms with Crippen molar-refractivity contribution in [3.63, 3.8) is 0 Å². The molecule has 1 aromatic heterocycles. The predicted octanol–water partition coefficient (Wildman–Crippen LogP) is 0.138. The van der Waals surface area contributed by atoms with Crippen LogP contribution < -0.4 is 26.7 Å². The largest absolute Gasteiger partial charge is 0.367 e. The van der Waals surface area contributed by atoms with Crippen LogP contribution in [0.15, 0.2) is 12.4 Å². The molecule has 1 amide bonds. The number of nitrogens with one attached hydrogen (secondary N) is 3. The van der Waals surface area contributed by atoms with Gasteiger partial charge in [-0.05, 0) is 19.3 Å². The second-order valence-electron chi connectivity index (χ2n) is 7.34. The molecule has 0 spiro atoms. The number of pyridine rings is 1. The first-order chi connectivity index (χ1) is 13.0. The van der Waals surface area contributed by atoms with E-state index in [2.05, 4.69) is 21.0 Å². The van der Waals surface area contributed by atoms with E-state index in [9.17, 15) is 13.6 Å². The van der Waals surface area contributed by atoms with Crippen LogP contribution in [0.25, 0.3) is 0 Å². The quantitative estimate of drug-likeness (QED) is 0.591. The van der Waals surface area contributed by atoms with E-state index in [1.807, 2.05) is 4.90 Å². The van der Waals surface area contributed by atoms with E-state index in [4.69, 9.17) is 5.73 Å². The van der Waals surface area contributed by atoms with Crippen LogP contribution >= 0.6 is 0 Å². The minimum atomic E-state index is -1.03. The van der Waals surface area contributed by atoms with Gasteiger partial charge in [0, 0.05) is 26.2 Å². The Labute approximate surface area is 156 Å². The number of fused-ring (bicyclic) bond motifs is 1. The van der Waals surface area contributed by atoms with Gasteiger partial charge in [0.05, 0.1) is 36.3 Å². The van der Waals surface area contributed by atoms with Gasteiger partial charge in [-0.25, -0.2) is 19.2 Å². The number of nitrogens with zero attached hydrogens (tertiary/aromatic N) is 3. The van der Waals surface area contributed by atoms with Crippen LogP contribution in [0, 0.1) is 11.7 Å². The molecule has 0 radical (unpaired) electrons. The SMILES string of the molecule is NC1NN2CC(F)CNC2C1C(=O)Nc1cncc(F)c1N1CCCCC1. The molecule has 4 heterocycles. The Morgan fingerprint density at radius 1 is 1.30 bits per heavy atom. The summed E-state index contributed by atoms with van der Waals surface area (Å²) in [4.78, 5) is 18.8. The summed E-state index contributed by atoms with van der Waals surface area (Å²) in [6.07, 6.45) is 3.61. The number of halogens is 2. The number of amides is 1. The van der Waals surface area contributed by atoms with Crippen molar-refractivity contribution in [2.45, 2.75) is 37.8 Å². The van der Waals surface area contributed by atoms with Crippen LogP contribution in [0.4, 0.5) is 20.2 Å². The van der Waals surface area contributed by atoms with Crippen molar-refractivity contribution in [1.82, 2.24) is 20.7 Å². The molecular weight excluding hydrogens is 356 g/mol. The minimum absolute atomic E-state index is 0.162. The third-order valence-electron chi connectivity index (χ3n) is 5.43. The number of carbonyl (C=O) groups is 1. The first-order valence-electron chi connectivity index (χ1n) is 9.40. The Hall–Kier alpha value is -1.88. The third kappa shape index (κ3) is 3.62. The molecule has 0 aromatic carbocycles. The molecule has 8 nitrogen and oxygen atoms in total. The van der Waals surface area contributed by atoms with Crippen molar-refractivity contribution < 1.29 is 13.6 Å². The van der Waals surface area contributed by atoms with Gasteiger partial charge in [-0.2, -0.15) is 0 Å².